The number of hydrogen-bond donors (Lipinski definition) is 1. The topological polar surface area (TPSA) is 80.8 Å². The summed E-state index contributed by atoms with van der Waals surface area (Å²) in [6, 6.07) is 3.39. The maximum atomic E-state index is 12.6. The minimum absolute atomic E-state index is 0.0518. The third-order valence-corrected chi connectivity index (χ3v) is 6.25. The van der Waals surface area contributed by atoms with Gasteiger partial charge < -0.3 is 9.47 Å². The van der Waals surface area contributed by atoms with Crippen molar-refractivity contribution in [1.29, 1.82) is 0 Å². The van der Waals surface area contributed by atoms with Crippen LogP contribution in [0, 0.1) is 0 Å². The van der Waals surface area contributed by atoms with Gasteiger partial charge in [0.1, 0.15) is 6.10 Å². The normalized spacial score (nSPS) is 29.0. The Morgan fingerprint density at radius 3 is 2.83 bits per heavy atom. The molecule has 1 aromatic heterocycles. The second-order valence-electron chi connectivity index (χ2n) is 6.05. The lowest BCUT2D eigenvalue weighted by Crippen LogP contribution is -2.47. The van der Waals surface area contributed by atoms with Crippen LogP contribution in [0.5, 0.6) is 5.88 Å². The fraction of sp³-hybridized carbons (Fsp3) is 0.667. The predicted octanol–water partition coefficient (Wildman–Crippen LogP) is 1.24. The highest BCUT2D eigenvalue weighted by molar-refractivity contribution is 7.87. The summed E-state index contributed by atoms with van der Waals surface area (Å²) in [6.45, 7) is 3.06. The molecule has 3 rings (SSSR count). The van der Waals surface area contributed by atoms with Gasteiger partial charge in [0.2, 0.25) is 5.88 Å². The maximum absolute atomic E-state index is 12.6. The molecule has 3 heterocycles. The smallest absolute Gasteiger partial charge is 0.280 e. The quantitative estimate of drug-likeness (QED) is 0.871. The highest BCUT2D eigenvalue weighted by atomic mass is 32.2. The second kappa shape index (κ2) is 6.72. The molecule has 2 aliphatic rings. The summed E-state index contributed by atoms with van der Waals surface area (Å²) in [4.78, 5) is 4.17. The van der Waals surface area contributed by atoms with E-state index in [1.54, 1.807) is 23.7 Å². The Balaban J connectivity index is 1.73. The summed E-state index contributed by atoms with van der Waals surface area (Å²) in [5, 5.41) is 0. The number of rotatable bonds is 5. The van der Waals surface area contributed by atoms with Crippen molar-refractivity contribution in [3.05, 3.63) is 23.9 Å². The van der Waals surface area contributed by atoms with E-state index >= 15 is 0 Å². The van der Waals surface area contributed by atoms with Crippen molar-refractivity contribution in [2.45, 2.75) is 44.4 Å². The Morgan fingerprint density at radius 1 is 1.39 bits per heavy atom. The predicted molar refractivity (Wildman–Crippen MR) is 85.3 cm³/mol. The molecule has 0 radical (unpaired) electrons. The van der Waals surface area contributed by atoms with Gasteiger partial charge in [-0.25, -0.2) is 4.98 Å². The van der Waals surface area contributed by atoms with Gasteiger partial charge in [-0.15, -0.1) is 0 Å². The van der Waals surface area contributed by atoms with Gasteiger partial charge in [-0.2, -0.15) is 17.4 Å². The fourth-order valence-electron chi connectivity index (χ4n) is 3.24. The zero-order chi connectivity index (χ0) is 16.4. The van der Waals surface area contributed by atoms with E-state index in [0.29, 0.717) is 25.5 Å². The third kappa shape index (κ3) is 3.50. The lowest BCUT2D eigenvalue weighted by atomic mass is 10.1. The lowest BCUT2D eigenvalue weighted by Gasteiger charge is -2.26. The monoisotopic (exact) mass is 341 g/mol. The van der Waals surface area contributed by atoms with E-state index in [9.17, 15) is 8.42 Å². The number of methoxy groups -OCH3 is 1. The number of nitrogens with one attached hydrogen (secondary N) is 1. The van der Waals surface area contributed by atoms with Crippen LogP contribution >= 0.6 is 0 Å². The molecule has 0 aliphatic carbocycles. The van der Waals surface area contributed by atoms with Crippen LogP contribution in [0.4, 0.5) is 0 Å². The largest absolute Gasteiger partial charge is 0.481 e. The van der Waals surface area contributed by atoms with Crippen LogP contribution in [0.25, 0.3) is 0 Å². The van der Waals surface area contributed by atoms with Gasteiger partial charge in [0.05, 0.1) is 13.2 Å². The molecule has 0 aromatic carbocycles. The first-order valence-corrected chi connectivity index (χ1v) is 9.36. The Morgan fingerprint density at radius 2 is 2.22 bits per heavy atom. The Labute approximate surface area is 137 Å². The van der Waals surface area contributed by atoms with Gasteiger partial charge >= 0.3 is 0 Å². The van der Waals surface area contributed by atoms with E-state index in [1.165, 1.54) is 0 Å². The zero-order valence-corrected chi connectivity index (χ0v) is 14.3. The molecule has 7 nitrogen and oxygen atoms in total. The highest BCUT2D eigenvalue weighted by Gasteiger charge is 2.37. The molecule has 2 fully saturated rings. The summed E-state index contributed by atoms with van der Waals surface area (Å²) in [6.07, 6.45) is 3.83. The van der Waals surface area contributed by atoms with Crippen LogP contribution in [-0.2, 0) is 14.9 Å². The van der Waals surface area contributed by atoms with Crippen LogP contribution < -0.4 is 9.46 Å². The van der Waals surface area contributed by atoms with Gasteiger partial charge in [-0.3, -0.25) is 0 Å². The number of hydrogen-bond acceptors (Lipinski definition) is 5. The molecule has 0 bridgehead atoms. The lowest BCUT2D eigenvalue weighted by molar-refractivity contribution is 0.102. The molecule has 2 saturated heterocycles. The molecule has 3 atom stereocenters. The van der Waals surface area contributed by atoms with E-state index in [0.717, 1.165) is 18.4 Å². The first kappa shape index (κ1) is 16.6. The Kier molecular flexibility index (Phi) is 4.86. The number of pyridine rings is 1. The maximum Gasteiger partial charge on any atom is 0.280 e. The molecule has 0 amide bonds. The van der Waals surface area contributed by atoms with E-state index in [4.69, 9.17) is 9.47 Å². The molecule has 128 valence electrons. The second-order valence-corrected chi connectivity index (χ2v) is 7.70. The molecular formula is C15H23N3O4S. The number of aromatic nitrogens is 1. The van der Waals surface area contributed by atoms with Crippen molar-refractivity contribution in [3.63, 3.8) is 0 Å². The van der Waals surface area contributed by atoms with Crippen molar-refractivity contribution in [1.82, 2.24) is 14.0 Å². The van der Waals surface area contributed by atoms with Crippen LogP contribution in [0.15, 0.2) is 18.3 Å². The molecule has 0 saturated carbocycles. The minimum atomic E-state index is -3.49. The van der Waals surface area contributed by atoms with Gasteiger partial charge in [0, 0.05) is 37.0 Å². The third-order valence-electron chi connectivity index (χ3n) is 4.49. The first-order valence-electron chi connectivity index (χ1n) is 7.92. The zero-order valence-electron chi connectivity index (χ0n) is 13.4. The first-order chi connectivity index (χ1) is 11.0. The average Bonchev–Trinajstić information content (AvgIpc) is 3.16. The van der Waals surface area contributed by atoms with Crippen molar-refractivity contribution >= 4 is 10.2 Å². The molecular weight excluding hydrogens is 318 g/mol. The van der Waals surface area contributed by atoms with E-state index in [2.05, 4.69) is 9.71 Å². The number of ether oxygens (including phenoxy) is 2. The molecule has 0 unspecified atom stereocenters. The van der Waals surface area contributed by atoms with Crippen molar-refractivity contribution < 1.29 is 17.9 Å². The summed E-state index contributed by atoms with van der Waals surface area (Å²) in [7, 11) is -1.93. The summed E-state index contributed by atoms with van der Waals surface area (Å²) >= 11 is 0. The molecule has 8 heteroatoms. The van der Waals surface area contributed by atoms with Gasteiger partial charge in [-0.1, -0.05) is 0 Å². The van der Waals surface area contributed by atoms with Crippen LogP contribution in [-0.4, -0.2) is 50.1 Å². The van der Waals surface area contributed by atoms with Crippen molar-refractivity contribution in [3.8, 4) is 5.88 Å². The van der Waals surface area contributed by atoms with Crippen LogP contribution in [0.3, 0.4) is 0 Å². The number of nitrogens with zero attached hydrogens (tertiary/aromatic N) is 2. The summed E-state index contributed by atoms with van der Waals surface area (Å²) in [5.41, 5.74) is 0.852. The molecule has 2 aliphatic heterocycles. The molecule has 0 spiro atoms. The average molecular weight is 341 g/mol. The fourth-order valence-corrected chi connectivity index (χ4v) is 4.95. The molecule has 1 N–H and O–H groups in total. The van der Waals surface area contributed by atoms with Crippen molar-refractivity contribution in [2.24, 2.45) is 0 Å². The molecule has 1 aromatic rings. The molecule has 23 heavy (non-hydrogen) atoms. The summed E-state index contributed by atoms with van der Waals surface area (Å²) in [5.74, 6) is 0.523. The summed E-state index contributed by atoms with van der Waals surface area (Å²) < 4.78 is 40.4. The standard InChI is InChI=1S/C15H23N3O4S/c1-11-4-3-8-18(11)23(19,20)17-13-7-9-22-15(13)12-5-6-14(21-2)16-10-12/h5-6,10-11,13,15,17H,3-4,7-9H2,1-2H3/t11-,13-,15+/m0/s1. The van der Waals surface area contributed by atoms with Crippen LogP contribution in [0.1, 0.15) is 37.9 Å². The SMILES string of the molecule is COc1ccc([C@H]2OCC[C@@H]2NS(=O)(=O)N2CCC[C@@H]2C)cn1. The van der Waals surface area contributed by atoms with E-state index < -0.39 is 10.2 Å². The van der Waals surface area contributed by atoms with Crippen molar-refractivity contribution in [2.75, 3.05) is 20.3 Å². The van der Waals surface area contributed by atoms with Crippen LogP contribution in [0.2, 0.25) is 0 Å². The van der Waals surface area contributed by atoms with Gasteiger partial charge in [0.25, 0.3) is 10.2 Å². The Hall–Kier alpha value is -1.22. The van der Waals surface area contributed by atoms with E-state index in [-0.39, 0.29) is 18.2 Å². The highest BCUT2D eigenvalue weighted by Crippen LogP contribution is 2.31. The van der Waals surface area contributed by atoms with Gasteiger partial charge in [0.15, 0.2) is 0 Å². The Bertz CT molecular complexity index is 635. The van der Waals surface area contributed by atoms with E-state index in [1.807, 2.05) is 13.0 Å². The minimum Gasteiger partial charge on any atom is -0.481 e. The van der Waals surface area contributed by atoms with Gasteiger partial charge in [-0.05, 0) is 32.3 Å².